The quantitative estimate of drug-likeness (QED) is 0.481. The predicted molar refractivity (Wildman–Crippen MR) is 112 cm³/mol. The number of nitrogens with zero attached hydrogens (tertiary/aromatic N) is 1. The van der Waals surface area contributed by atoms with Gasteiger partial charge in [-0.25, -0.2) is 4.39 Å². The lowest BCUT2D eigenvalue weighted by molar-refractivity contribution is -0.104. The highest BCUT2D eigenvalue weighted by Gasteiger charge is 2.18. The number of phenolic OH excluding ortho intramolecular Hbond substituents is 1. The van der Waals surface area contributed by atoms with E-state index in [1.807, 2.05) is 25.9 Å². The molecule has 1 N–H and O–H groups in total. The maximum atomic E-state index is 14.8. The number of aryl methyl sites for hydroxylation is 1. The Balaban J connectivity index is 2.60. The maximum Gasteiger partial charge on any atom is 0.143 e. The maximum absolute atomic E-state index is 14.8. The van der Waals surface area contributed by atoms with Crippen LogP contribution in [0.2, 0.25) is 0 Å². The average molecular weight is 401 g/mol. The van der Waals surface area contributed by atoms with Crippen LogP contribution < -0.4 is 9.47 Å². The van der Waals surface area contributed by atoms with Gasteiger partial charge in [-0.2, -0.15) is 0 Å². The number of allylic oxidation sites excluding steroid dienone is 1. The number of aromatic hydroxyl groups is 1. The molecule has 6 heteroatoms. The van der Waals surface area contributed by atoms with Gasteiger partial charge in [-0.15, -0.1) is 0 Å². The van der Waals surface area contributed by atoms with Gasteiger partial charge in [0.1, 0.15) is 36.0 Å². The van der Waals surface area contributed by atoms with Crippen LogP contribution in [0.4, 0.5) is 4.39 Å². The van der Waals surface area contributed by atoms with E-state index >= 15 is 0 Å². The Kier molecular flexibility index (Phi) is 8.21. The van der Waals surface area contributed by atoms with Crippen molar-refractivity contribution in [1.29, 1.82) is 0 Å². The fourth-order valence-electron chi connectivity index (χ4n) is 2.99. The Morgan fingerprint density at radius 3 is 2.55 bits per heavy atom. The van der Waals surface area contributed by atoms with E-state index in [4.69, 9.17) is 9.47 Å². The largest absolute Gasteiger partial charge is 0.508 e. The van der Waals surface area contributed by atoms with Crippen molar-refractivity contribution in [2.75, 3.05) is 34.4 Å². The van der Waals surface area contributed by atoms with E-state index in [0.717, 1.165) is 6.42 Å². The highest BCUT2D eigenvalue weighted by molar-refractivity contribution is 5.92. The monoisotopic (exact) mass is 401 g/mol. The average Bonchev–Trinajstić information content (AvgIpc) is 2.68. The number of likely N-dealkylation sites (N-methyl/N-ethyl adjacent to an activating group) is 1. The summed E-state index contributed by atoms with van der Waals surface area (Å²) in [5, 5.41) is 10.4. The molecule has 0 aliphatic heterocycles. The Morgan fingerprint density at radius 2 is 1.97 bits per heavy atom. The van der Waals surface area contributed by atoms with E-state index in [-0.39, 0.29) is 11.3 Å². The Bertz CT molecular complexity index is 877. The molecule has 0 unspecified atom stereocenters. The molecule has 0 heterocycles. The Hall–Kier alpha value is -2.86. The summed E-state index contributed by atoms with van der Waals surface area (Å²) in [4.78, 5) is 13.3. The first-order valence-electron chi connectivity index (χ1n) is 9.54. The fourth-order valence-corrected chi connectivity index (χ4v) is 2.99. The molecule has 0 bridgehead atoms. The van der Waals surface area contributed by atoms with Gasteiger partial charge in [-0.05, 0) is 55.9 Å². The topological polar surface area (TPSA) is 59.0 Å². The molecule has 0 spiro atoms. The van der Waals surface area contributed by atoms with Crippen LogP contribution >= 0.6 is 0 Å². The molecular formula is C23H28FNO4. The molecular weight excluding hydrogens is 373 g/mol. The number of hydrogen-bond donors (Lipinski definition) is 1. The summed E-state index contributed by atoms with van der Waals surface area (Å²) in [6.45, 7) is 3.05. The second-order valence-corrected chi connectivity index (χ2v) is 6.94. The SMILES string of the molecule is CCCc1cc(C(=CC=O)c2ccc(OC)cc2F)c(OCCN(C)C)cc1O. The third-order valence-corrected chi connectivity index (χ3v) is 4.49. The number of phenols is 1. The minimum absolute atomic E-state index is 0.121. The van der Waals surface area contributed by atoms with Crippen molar-refractivity contribution in [1.82, 2.24) is 4.90 Å². The highest BCUT2D eigenvalue weighted by atomic mass is 19.1. The van der Waals surface area contributed by atoms with Crippen molar-refractivity contribution in [3.63, 3.8) is 0 Å². The lowest BCUT2D eigenvalue weighted by Gasteiger charge is -2.18. The Labute approximate surface area is 171 Å². The van der Waals surface area contributed by atoms with Crippen molar-refractivity contribution in [2.24, 2.45) is 0 Å². The van der Waals surface area contributed by atoms with Crippen LogP contribution in [0.1, 0.15) is 30.0 Å². The molecule has 0 aromatic heterocycles. The summed E-state index contributed by atoms with van der Waals surface area (Å²) in [5.74, 6) is 0.391. The minimum Gasteiger partial charge on any atom is -0.508 e. The highest BCUT2D eigenvalue weighted by Crippen LogP contribution is 2.37. The van der Waals surface area contributed by atoms with E-state index in [9.17, 15) is 14.3 Å². The summed E-state index contributed by atoms with van der Waals surface area (Å²) in [7, 11) is 5.32. The summed E-state index contributed by atoms with van der Waals surface area (Å²) >= 11 is 0. The van der Waals surface area contributed by atoms with Crippen molar-refractivity contribution in [2.45, 2.75) is 19.8 Å². The first-order chi connectivity index (χ1) is 13.9. The number of methoxy groups -OCH3 is 1. The zero-order valence-electron chi connectivity index (χ0n) is 17.4. The zero-order valence-corrected chi connectivity index (χ0v) is 17.4. The number of ether oxygens (including phenoxy) is 2. The normalized spacial score (nSPS) is 11.6. The van der Waals surface area contributed by atoms with Crippen LogP contribution in [0.15, 0.2) is 36.4 Å². The summed E-state index contributed by atoms with van der Waals surface area (Å²) < 4.78 is 25.7. The third kappa shape index (κ3) is 5.81. The first-order valence-corrected chi connectivity index (χ1v) is 9.54. The van der Waals surface area contributed by atoms with Crippen LogP contribution in [-0.4, -0.2) is 50.6 Å². The second-order valence-electron chi connectivity index (χ2n) is 6.94. The molecule has 156 valence electrons. The van der Waals surface area contributed by atoms with Gasteiger partial charge in [-0.1, -0.05) is 13.3 Å². The second kappa shape index (κ2) is 10.6. The molecule has 0 radical (unpaired) electrons. The van der Waals surface area contributed by atoms with Gasteiger partial charge in [-0.3, -0.25) is 4.79 Å². The molecule has 2 aromatic rings. The van der Waals surface area contributed by atoms with Gasteiger partial charge < -0.3 is 19.5 Å². The number of carbonyl (C=O) groups is 1. The van der Waals surface area contributed by atoms with E-state index in [1.54, 1.807) is 18.2 Å². The minimum atomic E-state index is -0.512. The molecule has 0 saturated carbocycles. The lowest BCUT2D eigenvalue weighted by Crippen LogP contribution is -2.19. The van der Waals surface area contributed by atoms with Gasteiger partial charge in [0.15, 0.2) is 0 Å². The number of carbonyl (C=O) groups excluding carboxylic acids is 1. The van der Waals surface area contributed by atoms with E-state index in [2.05, 4.69) is 0 Å². The Morgan fingerprint density at radius 1 is 1.21 bits per heavy atom. The number of benzene rings is 2. The molecule has 5 nitrogen and oxygen atoms in total. The van der Waals surface area contributed by atoms with Crippen LogP contribution in [0.25, 0.3) is 5.57 Å². The molecule has 0 saturated heterocycles. The first kappa shape index (κ1) is 22.4. The van der Waals surface area contributed by atoms with Crippen molar-refractivity contribution < 1.29 is 23.8 Å². The molecule has 2 rings (SSSR count). The van der Waals surface area contributed by atoms with Gasteiger partial charge in [0, 0.05) is 29.8 Å². The van der Waals surface area contributed by atoms with E-state index < -0.39 is 5.82 Å². The summed E-state index contributed by atoms with van der Waals surface area (Å²) in [5.41, 5.74) is 1.91. The van der Waals surface area contributed by atoms with Crippen molar-refractivity contribution in [3.05, 3.63) is 58.9 Å². The third-order valence-electron chi connectivity index (χ3n) is 4.49. The number of aldehydes is 1. The number of hydrogen-bond acceptors (Lipinski definition) is 5. The molecule has 0 atom stereocenters. The molecule has 29 heavy (non-hydrogen) atoms. The van der Waals surface area contributed by atoms with Crippen LogP contribution in [0.3, 0.4) is 0 Å². The molecule has 2 aromatic carbocycles. The van der Waals surface area contributed by atoms with Gasteiger partial charge >= 0.3 is 0 Å². The smallest absolute Gasteiger partial charge is 0.143 e. The molecule has 0 fully saturated rings. The molecule has 0 aliphatic rings. The molecule has 0 aliphatic carbocycles. The van der Waals surface area contributed by atoms with E-state index in [1.165, 1.54) is 25.3 Å². The summed E-state index contributed by atoms with van der Waals surface area (Å²) in [6.07, 6.45) is 3.41. The standard InChI is InChI=1S/C23H28FNO4/c1-5-6-16-13-20(23(15-22(16)27)29-12-10-25(2)3)18(9-11-26)19-8-7-17(28-4)14-21(19)24/h7-9,11,13-15,27H,5-6,10,12H2,1-4H3. The lowest BCUT2D eigenvalue weighted by atomic mass is 9.93. The predicted octanol–water partition coefficient (Wildman–Crippen LogP) is 4.06. The van der Waals surface area contributed by atoms with Gasteiger partial charge in [0.05, 0.1) is 7.11 Å². The number of halogens is 1. The fraction of sp³-hybridized carbons (Fsp3) is 0.348. The molecule has 0 amide bonds. The zero-order chi connectivity index (χ0) is 21.4. The van der Waals surface area contributed by atoms with Crippen molar-refractivity contribution >= 4 is 11.9 Å². The van der Waals surface area contributed by atoms with Crippen molar-refractivity contribution in [3.8, 4) is 17.2 Å². The van der Waals surface area contributed by atoms with Gasteiger partial charge in [0.2, 0.25) is 0 Å². The van der Waals surface area contributed by atoms with Crippen LogP contribution in [0.5, 0.6) is 17.2 Å². The number of rotatable bonds is 10. The van der Waals surface area contributed by atoms with Crippen LogP contribution in [0, 0.1) is 5.82 Å². The van der Waals surface area contributed by atoms with E-state index in [0.29, 0.717) is 54.1 Å². The summed E-state index contributed by atoms with van der Waals surface area (Å²) in [6, 6.07) is 7.78. The van der Waals surface area contributed by atoms with Crippen LogP contribution in [-0.2, 0) is 11.2 Å². The van der Waals surface area contributed by atoms with Gasteiger partial charge in [0.25, 0.3) is 0 Å².